The highest BCUT2D eigenvalue weighted by atomic mass is 35.5. The zero-order valence-corrected chi connectivity index (χ0v) is 16.2. The van der Waals surface area contributed by atoms with E-state index in [0.29, 0.717) is 6.42 Å². The molecule has 1 aromatic rings. The lowest BCUT2D eigenvalue weighted by atomic mass is 10.0. The standard InChI is InChI=1S/C16H20ClNO7S/c1-16(4-5-26(21,22)9-16)18-13(19)8-25-15(20)10-6-11(17)14(24-3)12(7-10)23-2/h6-7H,4-5,8-9H2,1-3H3,(H,18,19)/t16-/m0/s1. The molecule has 1 aliphatic heterocycles. The molecule has 0 bridgehead atoms. The molecule has 1 atom stereocenters. The Morgan fingerprint density at radius 1 is 1.27 bits per heavy atom. The van der Waals surface area contributed by atoms with Crippen LogP contribution in [-0.4, -0.2) is 58.2 Å². The van der Waals surface area contributed by atoms with Crippen molar-refractivity contribution in [1.29, 1.82) is 0 Å². The molecule has 0 radical (unpaired) electrons. The van der Waals surface area contributed by atoms with E-state index in [1.54, 1.807) is 6.92 Å². The normalized spacial score (nSPS) is 21.1. The average Bonchev–Trinajstić information content (AvgIpc) is 2.84. The minimum Gasteiger partial charge on any atom is -0.493 e. The first-order chi connectivity index (χ1) is 12.1. The fourth-order valence-corrected chi connectivity index (χ4v) is 5.11. The van der Waals surface area contributed by atoms with Gasteiger partial charge >= 0.3 is 5.97 Å². The Morgan fingerprint density at radius 3 is 2.50 bits per heavy atom. The molecule has 1 heterocycles. The molecule has 1 saturated heterocycles. The van der Waals surface area contributed by atoms with E-state index in [0.717, 1.165) is 0 Å². The Hall–Kier alpha value is -2.00. The highest BCUT2D eigenvalue weighted by Gasteiger charge is 2.39. The molecule has 1 amide bonds. The number of hydrogen-bond donors (Lipinski definition) is 1. The predicted octanol–water partition coefficient (Wildman–Crippen LogP) is 1.21. The zero-order chi connectivity index (χ0) is 19.5. The Labute approximate surface area is 156 Å². The van der Waals surface area contributed by atoms with Crippen molar-refractivity contribution in [1.82, 2.24) is 5.32 Å². The Morgan fingerprint density at radius 2 is 1.96 bits per heavy atom. The van der Waals surface area contributed by atoms with Crippen LogP contribution < -0.4 is 14.8 Å². The van der Waals surface area contributed by atoms with E-state index >= 15 is 0 Å². The lowest BCUT2D eigenvalue weighted by Gasteiger charge is -2.23. The second-order valence-corrected chi connectivity index (χ2v) is 8.81. The van der Waals surface area contributed by atoms with Crippen molar-refractivity contribution >= 4 is 33.3 Å². The number of esters is 1. The molecule has 0 saturated carbocycles. The number of methoxy groups -OCH3 is 2. The molecule has 2 rings (SSSR count). The largest absolute Gasteiger partial charge is 0.493 e. The second kappa shape index (κ2) is 7.71. The molecule has 1 fully saturated rings. The number of sulfone groups is 1. The third kappa shape index (κ3) is 4.79. The highest BCUT2D eigenvalue weighted by molar-refractivity contribution is 7.91. The van der Waals surface area contributed by atoms with Gasteiger partial charge in [0, 0.05) is 0 Å². The smallest absolute Gasteiger partial charge is 0.338 e. The van der Waals surface area contributed by atoms with Crippen LogP contribution in [-0.2, 0) is 19.4 Å². The van der Waals surface area contributed by atoms with Crippen molar-refractivity contribution in [3.8, 4) is 11.5 Å². The molecule has 1 aromatic carbocycles. The molecule has 0 spiro atoms. The molecule has 1 aliphatic rings. The molecular formula is C16H20ClNO7S. The van der Waals surface area contributed by atoms with Crippen LogP contribution in [0.4, 0.5) is 0 Å². The van der Waals surface area contributed by atoms with Gasteiger partial charge in [0.2, 0.25) is 0 Å². The summed E-state index contributed by atoms with van der Waals surface area (Å²) in [5.41, 5.74) is -0.760. The fourth-order valence-electron chi connectivity index (χ4n) is 2.73. The molecule has 0 aromatic heterocycles. The van der Waals surface area contributed by atoms with Crippen LogP contribution in [0.1, 0.15) is 23.7 Å². The van der Waals surface area contributed by atoms with Crippen molar-refractivity contribution in [2.75, 3.05) is 32.3 Å². The first-order valence-electron chi connectivity index (χ1n) is 7.69. The van der Waals surface area contributed by atoms with Crippen molar-refractivity contribution in [3.63, 3.8) is 0 Å². The first kappa shape index (κ1) is 20.3. The molecule has 0 aliphatic carbocycles. The molecule has 1 N–H and O–H groups in total. The van der Waals surface area contributed by atoms with Crippen molar-refractivity contribution in [3.05, 3.63) is 22.7 Å². The summed E-state index contributed by atoms with van der Waals surface area (Å²) in [5.74, 6) is -0.936. The topological polar surface area (TPSA) is 108 Å². The maximum Gasteiger partial charge on any atom is 0.338 e. The van der Waals surface area contributed by atoms with Crippen LogP contribution in [0.2, 0.25) is 5.02 Å². The minimum absolute atomic E-state index is 0.0215. The summed E-state index contributed by atoms with van der Waals surface area (Å²) in [7, 11) is -0.347. The number of carbonyl (C=O) groups is 2. The van der Waals surface area contributed by atoms with Crippen LogP contribution in [0.25, 0.3) is 0 Å². The summed E-state index contributed by atoms with van der Waals surface area (Å²) >= 11 is 6.03. The van der Waals surface area contributed by atoms with Gasteiger partial charge in [0.05, 0.1) is 41.9 Å². The van der Waals surface area contributed by atoms with Gasteiger partial charge in [-0.15, -0.1) is 0 Å². The minimum atomic E-state index is -3.16. The van der Waals surface area contributed by atoms with Crippen molar-refractivity contribution in [2.45, 2.75) is 18.9 Å². The number of ether oxygens (including phenoxy) is 3. The first-order valence-corrected chi connectivity index (χ1v) is 9.89. The van der Waals surface area contributed by atoms with Gasteiger partial charge in [-0.1, -0.05) is 11.6 Å². The fraction of sp³-hybridized carbons (Fsp3) is 0.500. The lowest BCUT2D eigenvalue weighted by Crippen LogP contribution is -2.48. The van der Waals surface area contributed by atoms with Crippen LogP contribution in [0, 0.1) is 0 Å². The van der Waals surface area contributed by atoms with Gasteiger partial charge < -0.3 is 19.5 Å². The van der Waals surface area contributed by atoms with E-state index in [-0.39, 0.29) is 33.6 Å². The van der Waals surface area contributed by atoms with E-state index in [9.17, 15) is 18.0 Å². The maximum absolute atomic E-state index is 12.1. The van der Waals surface area contributed by atoms with Gasteiger partial charge in [-0.05, 0) is 25.5 Å². The van der Waals surface area contributed by atoms with Gasteiger partial charge in [0.25, 0.3) is 5.91 Å². The summed E-state index contributed by atoms with van der Waals surface area (Å²) < 4.78 is 38.3. The molecule has 0 unspecified atom stereocenters. The van der Waals surface area contributed by atoms with Gasteiger partial charge in [-0.25, -0.2) is 13.2 Å². The summed E-state index contributed by atoms with van der Waals surface area (Å²) in [6.07, 6.45) is 0.320. The van der Waals surface area contributed by atoms with E-state index in [2.05, 4.69) is 5.32 Å². The quantitative estimate of drug-likeness (QED) is 0.708. The summed E-state index contributed by atoms with van der Waals surface area (Å²) in [6, 6.07) is 2.73. The van der Waals surface area contributed by atoms with E-state index in [4.69, 9.17) is 25.8 Å². The van der Waals surface area contributed by atoms with Crippen LogP contribution in [0.15, 0.2) is 12.1 Å². The van der Waals surface area contributed by atoms with Crippen molar-refractivity contribution in [2.24, 2.45) is 0 Å². The van der Waals surface area contributed by atoms with Gasteiger partial charge in [0.1, 0.15) is 0 Å². The zero-order valence-electron chi connectivity index (χ0n) is 14.6. The highest BCUT2D eigenvalue weighted by Crippen LogP contribution is 2.36. The summed E-state index contributed by atoms with van der Waals surface area (Å²) in [5, 5.41) is 2.76. The molecule has 144 valence electrons. The lowest BCUT2D eigenvalue weighted by molar-refractivity contribution is -0.125. The third-order valence-corrected chi connectivity index (χ3v) is 6.13. The molecule has 10 heteroatoms. The maximum atomic E-state index is 12.1. The average molecular weight is 406 g/mol. The number of carbonyl (C=O) groups excluding carboxylic acids is 2. The monoisotopic (exact) mass is 405 g/mol. The number of nitrogens with one attached hydrogen (secondary N) is 1. The number of benzene rings is 1. The van der Waals surface area contributed by atoms with E-state index < -0.39 is 33.9 Å². The molecular weight excluding hydrogens is 386 g/mol. The van der Waals surface area contributed by atoms with Crippen LogP contribution >= 0.6 is 11.6 Å². The number of amides is 1. The van der Waals surface area contributed by atoms with E-state index in [1.807, 2.05) is 0 Å². The molecule has 26 heavy (non-hydrogen) atoms. The van der Waals surface area contributed by atoms with Crippen LogP contribution in [0.5, 0.6) is 11.5 Å². The Balaban J connectivity index is 1.98. The number of rotatable bonds is 6. The predicted molar refractivity (Wildman–Crippen MR) is 94.7 cm³/mol. The number of halogens is 1. The van der Waals surface area contributed by atoms with E-state index in [1.165, 1.54) is 26.4 Å². The molecule has 8 nitrogen and oxygen atoms in total. The van der Waals surface area contributed by atoms with Crippen LogP contribution in [0.3, 0.4) is 0 Å². The second-order valence-electron chi connectivity index (χ2n) is 6.22. The summed E-state index contributed by atoms with van der Waals surface area (Å²) in [4.78, 5) is 24.1. The SMILES string of the molecule is COc1cc(C(=O)OCC(=O)N[C@@]2(C)CCS(=O)(=O)C2)cc(Cl)c1OC. The van der Waals surface area contributed by atoms with Gasteiger partial charge in [0.15, 0.2) is 27.9 Å². The summed E-state index contributed by atoms with van der Waals surface area (Å²) in [6.45, 7) is 1.10. The Kier molecular flexibility index (Phi) is 6.02. The van der Waals surface area contributed by atoms with Gasteiger partial charge in [-0.3, -0.25) is 4.79 Å². The third-order valence-electron chi connectivity index (χ3n) is 3.95. The van der Waals surface area contributed by atoms with Gasteiger partial charge in [-0.2, -0.15) is 0 Å². The Bertz CT molecular complexity index is 824. The number of hydrogen-bond acceptors (Lipinski definition) is 7. The van der Waals surface area contributed by atoms with Crippen molar-refractivity contribution < 1.29 is 32.2 Å².